The maximum atomic E-state index is 14.6. The third-order valence-electron chi connectivity index (χ3n) is 7.66. The van der Waals surface area contributed by atoms with Crippen LogP contribution >= 0.6 is 15.9 Å². The highest BCUT2D eigenvalue weighted by atomic mass is 79.9. The van der Waals surface area contributed by atoms with Gasteiger partial charge in [0.2, 0.25) is 0 Å². The highest BCUT2D eigenvalue weighted by Crippen LogP contribution is 2.50. The van der Waals surface area contributed by atoms with Gasteiger partial charge in [-0.2, -0.15) is 13.2 Å². The molecule has 4 nitrogen and oxygen atoms in total. The Morgan fingerprint density at radius 3 is 2.34 bits per heavy atom. The number of hydrogen-bond donors (Lipinski definition) is 1. The molecule has 2 heterocycles. The molecule has 2 saturated heterocycles. The molecule has 2 aromatic rings. The lowest BCUT2D eigenvalue weighted by Gasteiger charge is -2.50. The molecule has 0 radical (unpaired) electrons. The van der Waals surface area contributed by atoms with E-state index in [-0.39, 0.29) is 35.8 Å². The summed E-state index contributed by atoms with van der Waals surface area (Å²) in [7, 11) is 0.935. The number of benzene rings is 2. The molecule has 2 aromatic carbocycles. The monoisotopic (exact) mass is 556 g/mol. The lowest BCUT2D eigenvalue weighted by molar-refractivity contribution is -0.271. The molecule has 2 aliphatic rings. The molecule has 1 spiro atoms. The average molecular weight is 557 g/mol. The van der Waals surface area contributed by atoms with E-state index in [0.717, 1.165) is 25.6 Å². The minimum atomic E-state index is -4.95. The number of nitrogens with zero attached hydrogens (tertiary/aromatic N) is 1. The maximum absolute atomic E-state index is 14.6. The van der Waals surface area contributed by atoms with Gasteiger partial charge < -0.3 is 15.0 Å². The molecule has 0 aliphatic carbocycles. The van der Waals surface area contributed by atoms with Gasteiger partial charge >= 0.3 is 6.18 Å². The van der Waals surface area contributed by atoms with E-state index in [1.807, 2.05) is 0 Å². The van der Waals surface area contributed by atoms with Crippen LogP contribution in [-0.4, -0.2) is 50.3 Å². The lowest BCUT2D eigenvalue weighted by Crippen LogP contribution is -2.59. The van der Waals surface area contributed by atoms with Crippen LogP contribution in [-0.2, 0) is 15.1 Å². The van der Waals surface area contributed by atoms with Gasteiger partial charge in [-0.3, -0.25) is 4.79 Å². The quantitative estimate of drug-likeness (QED) is 0.492. The molecule has 0 saturated carbocycles. The van der Waals surface area contributed by atoms with Crippen LogP contribution in [0.3, 0.4) is 0 Å². The highest BCUT2D eigenvalue weighted by Gasteiger charge is 2.64. The summed E-state index contributed by atoms with van der Waals surface area (Å²) in [4.78, 5) is 14.9. The highest BCUT2D eigenvalue weighted by molar-refractivity contribution is 9.10. The Labute approximate surface area is 211 Å². The van der Waals surface area contributed by atoms with Crippen LogP contribution in [0.25, 0.3) is 0 Å². The number of nitrogens with one attached hydrogen (secondary N) is 1. The summed E-state index contributed by atoms with van der Waals surface area (Å²) in [5, 5.41) is 3.39. The van der Waals surface area contributed by atoms with Crippen molar-refractivity contribution in [3.8, 4) is 0 Å². The molecule has 2 aliphatic heterocycles. The predicted octanol–water partition coefficient (Wildman–Crippen LogP) is 5.69. The number of methoxy groups -OCH3 is 1. The normalized spacial score (nSPS) is 22.1. The molecule has 9 heteroatoms. The first-order valence-corrected chi connectivity index (χ1v) is 12.5. The molecule has 35 heavy (non-hydrogen) atoms. The van der Waals surface area contributed by atoms with Crippen molar-refractivity contribution in [2.75, 3.05) is 33.3 Å². The maximum Gasteiger partial charge on any atom is 0.430 e. The first kappa shape index (κ1) is 26.1. The fourth-order valence-corrected chi connectivity index (χ4v) is 6.39. The number of carbonyl (C=O) groups is 1. The van der Waals surface area contributed by atoms with Crippen LogP contribution in [0.1, 0.15) is 41.9 Å². The SMILES string of the molecule is COC(C(=O)N1CCC2(CCNC[C@H]2c2ccc(F)cc2)CC1)(c1cc(C)cc(Br)c1)C(F)(F)F. The number of alkyl halides is 3. The Kier molecular flexibility index (Phi) is 7.33. The van der Waals surface area contributed by atoms with E-state index >= 15 is 0 Å². The molecule has 1 N–H and O–H groups in total. The molecule has 4 rings (SSSR count). The van der Waals surface area contributed by atoms with E-state index in [0.29, 0.717) is 29.4 Å². The zero-order valence-corrected chi connectivity index (χ0v) is 21.3. The predicted molar refractivity (Wildman–Crippen MR) is 128 cm³/mol. The number of carbonyl (C=O) groups excluding carboxylic acids is 1. The fraction of sp³-hybridized carbons (Fsp3) is 0.500. The van der Waals surface area contributed by atoms with Crippen LogP contribution in [0, 0.1) is 18.2 Å². The smallest absolute Gasteiger partial charge is 0.356 e. The van der Waals surface area contributed by atoms with Gasteiger partial charge in [-0.25, -0.2) is 4.39 Å². The number of hydrogen-bond acceptors (Lipinski definition) is 3. The van der Waals surface area contributed by atoms with Crippen molar-refractivity contribution >= 4 is 21.8 Å². The van der Waals surface area contributed by atoms with Gasteiger partial charge in [0, 0.05) is 42.7 Å². The van der Waals surface area contributed by atoms with E-state index in [1.54, 1.807) is 25.1 Å². The van der Waals surface area contributed by atoms with Crippen LogP contribution in [0.15, 0.2) is 46.9 Å². The largest absolute Gasteiger partial charge is 0.430 e. The van der Waals surface area contributed by atoms with Crippen LogP contribution in [0.2, 0.25) is 0 Å². The Morgan fingerprint density at radius 1 is 1.11 bits per heavy atom. The summed E-state index contributed by atoms with van der Waals surface area (Å²) in [6.07, 6.45) is -2.97. The number of aryl methyl sites for hydroxylation is 1. The Balaban J connectivity index is 1.62. The second kappa shape index (κ2) is 9.82. The van der Waals surface area contributed by atoms with Gasteiger partial charge in [-0.15, -0.1) is 0 Å². The molecule has 0 bridgehead atoms. The number of ether oxygens (including phenoxy) is 1. The van der Waals surface area contributed by atoms with Gasteiger partial charge in [-0.1, -0.05) is 34.1 Å². The average Bonchev–Trinajstić information content (AvgIpc) is 2.80. The van der Waals surface area contributed by atoms with Crippen LogP contribution < -0.4 is 5.32 Å². The van der Waals surface area contributed by atoms with Gasteiger partial charge in [0.05, 0.1) is 0 Å². The van der Waals surface area contributed by atoms with Gasteiger partial charge in [0.25, 0.3) is 11.5 Å². The number of amides is 1. The van der Waals surface area contributed by atoms with Crippen molar-refractivity contribution in [1.82, 2.24) is 10.2 Å². The van der Waals surface area contributed by atoms with Gasteiger partial charge in [0.1, 0.15) is 5.82 Å². The van der Waals surface area contributed by atoms with E-state index in [2.05, 4.69) is 21.2 Å². The summed E-state index contributed by atoms with van der Waals surface area (Å²) >= 11 is 3.25. The van der Waals surface area contributed by atoms with Crippen molar-refractivity contribution in [3.63, 3.8) is 0 Å². The number of piperidine rings is 2. The Morgan fingerprint density at radius 2 is 1.77 bits per heavy atom. The third kappa shape index (κ3) is 4.74. The second-order valence-electron chi connectivity index (χ2n) is 9.61. The number of halogens is 5. The zero-order chi connectivity index (χ0) is 25.4. The third-order valence-corrected chi connectivity index (χ3v) is 8.12. The zero-order valence-electron chi connectivity index (χ0n) is 19.7. The van der Waals surface area contributed by atoms with E-state index in [9.17, 15) is 22.4 Å². The minimum Gasteiger partial charge on any atom is -0.356 e. The van der Waals surface area contributed by atoms with Gasteiger partial charge in [0.15, 0.2) is 0 Å². The molecule has 1 amide bonds. The summed E-state index contributed by atoms with van der Waals surface area (Å²) in [5.74, 6) is -1.30. The molecule has 1 unspecified atom stereocenters. The minimum absolute atomic E-state index is 0.0941. The standard InChI is InChI=1S/C26H29BrF4N2O2/c1-17-13-19(15-20(27)14-17)25(35-2,26(29,30)31)23(34)33-11-8-24(9-12-33)7-10-32-16-22(24)18-3-5-21(28)6-4-18/h3-6,13-15,22,32H,7-12,16H2,1-2H3/t22-,25?/m0/s1. The van der Waals surface area contributed by atoms with E-state index in [1.165, 1.54) is 29.2 Å². The first-order chi connectivity index (χ1) is 16.5. The van der Waals surface area contributed by atoms with Gasteiger partial charge in [-0.05, 0) is 73.5 Å². The molecular formula is C26H29BrF4N2O2. The molecular weight excluding hydrogens is 528 g/mol. The van der Waals surface area contributed by atoms with Crippen molar-refractivity contribution in [2.24, 2.45) is 5.41 Å². The Hall–Kier alpha value is -1.97. The van der Waals surface area contributed by atoms with Crippen LogP contribution in [0.4, 0.5) is 17.6 Å². The molecule has 2 atom stereocenters. The molecule has 2 fully saturated rings. The van der Waals surface area contributed by atoms with Crippen molar-refractivity contribution in [1.29, 1.82) is 0 Å². The number of rotatable bonds is 4. The molecule has 0 aromatic heterocycles. The first-order valence-electron chi connectivity index (χ1n) is 11.7. The Bertz CT molecular complexity index is 1050. The topological polar surface area (TPSA) is 41.6 Å². The number of likely N-dealkylation sites (tertiary alicyclic amines) is 1. The molecule has 190 valence electrons. The van der Waals surface area contributed by atoms with E-state index < -0.39 is 17.7 Å². The van der Waals surface area contributed by atoms with Crippen molar-refractivity contribution < 1.29 is 27.1 Å². The summed E-state index contributed by atoms with van der Waals surface area (Å²) in [6.45, 7) is 3.58. The summed E-state index contributed by atoms with van der Waals surface area (Å²) < 4.78 is 62.7. The van der Waals surface area contributed by atoms with Crippen molar-refractivity contribution in [2.45, 2.75) is 43.9 Å². The summed E-state index contributed by atoms with van der Waals surface area (Å²) in [5.41, 5.74) is -1.90. The lowest BCUT2D eigenvalue weighted by atomic mass is 9.62. The summed E-state index contributed by atoms with van der Waals surface area (Å²) in [6, 6.07) is 10.8. The van der Waals surface area contributed by atoms with E-state index in [4.69, 9.17) is 4.74 Å². The van der Waals surface area contributed by atoms with Crippen LogP contribution in [0.5, 0.6) is 0 Å². The van der Waals surface area contributed by atoms with Crippen molar-refractivity contribution in [3.05, 3.63) is 69.4 Å². The second-order valence-corrected chi connectivity index (χ2v) is 10.5. The fourth-order valence-electron chi connectivity index (χ4n) is 5.79.